The van der Waals surface area contributed by atoms with Crippen LogP contribution in [0.15, 0.2) is 24.3 Å². The Morgan fingerprint density at radius 3 is 2.12 bits per heavy atom. The fraction of sp³-hybridized carbons (Fsp3) is 0.529. The largest absolute Gasteiger partial charge is 0.484 e. The molecule has 0 heterocycles. The smallest absolute Gasteiger partial charge is 0.259 e. The number of nitrogens with two attached hydrogens (primary N) is 1. The van der Waals surface area contributed by atoms with Gasteiger partial charge in [-0.25, -0.2) is 0 Å². The number of likely N-dealkylation sites (N-methyl/N-ethyl adjacent to an activating group) is 1. The molecule has 0 radical (unpaired) electrons. The lowest BCUT2D eigenvalue weighted by atomic mass is 9.81. The van der Waals surface area contributed by atoms with E-state index in [0.29, 0.717) is 30.8 Å². The van der Waals surface area contributed by atoms with Gasteiger partial charge in [-0.1, -0.05) is 13.8 Å². The van der Waals surface area contributed by atoms with Gasteiger partial charge in [-0.05, 0) is 37.1 Å². The predicted octanol–water partition coefficient (Wildman–Crippen LogP) is 2.28. The molecule has 136 valence electrons. The third-order valence-electron chi connectivity index (χ3n) is 4.20. The van der Waals surface area contributed by atoms with Crippen LogP contribution in [0, 0.1) is 5.41 Å². The van der Waals surface area contributed by atoms with Crippen molar-refractivity contribution in [2.75, 3.05) is 32.6 Å². The summed E-state index contributed by atoms with van der Waals surface area (Å²) in [5, 5.41) is 2.90. The molecule has 0 aliphatic rings. The number of anilines is 1. The van der Waals surface area contributed by atoms with Crippen molar-refractivity contribution in [3.05, 3.63) is 24.3 Å². The van der Waals surface area contributed by atoms with Gasteiger partial charge in [-0.15, -0.1) is 12.4 Å². The molecule has 2 amide bonds. The monoisotopic (exact) mass is 357 g/mol. The highest BCUT2D eigenvalue weighted by Gasteiger charge is 2.33. The molecule has 0 bridgehead atoms. The van der Waals surface area contributed by atoms with E-state index in [1.807, 2.05) is 13.8 Å². The van der Waals surface area contributed by atoms with Gasteiger partial charge in [0.2, 0.25) is 5.91 Å². The van der Waals surface area contributed by atoms with E-state index in [2.05, 4.69) is 5.32 Å². The van der Waals surface area contributed by atoms with E-state index in [1.165, 1.54) is 4.90 Å². The summed E-state index contributed by atoms with van der Waals surface area (Å²) in [4.78, 5) is 25.4. The number of hydrogen-bond donors (Lipinski definition) is 2. The van der Waals surface area contributed by atoms with Gasteiger partial charge >= 0.3 is 0 Å². The van der Waals surface area contributed by atoms with Gasteiger partial charge in [0.05, 0.1) is 5.41 Å². The van der Waals surface area contributed by atoms with Crippen LogP contribution in [0.2, 0.25) is 0 Å². The number of rotatable bonds is 8. The van der Waals surface area contributed by atoms with Crippen molar-refractivity contribution >= 4 is 29.9 Å². The molecule has 0 atom stereocenters. The first-order valence-corrected chi connectivity index (χ1v) is 7.83. The molecule has 0 aliphatic carbocycles. The minimum atomic E-state index is -0.534. The number of carbonyl (C=O) groups is 2. The van der Waals surface area contributed by atoms with Crippen molar-refractivity contribution in [2.45, 2.75) is 26.7 Å². The third-order valence-corrected chi connectivity index (χ3v) is 4.20. The third kappa shape index (κ3) is 5.69. The highest BCUT2D eigenvalue weighted by atomic mass is 35.5. The average Bonchev–Trinajstić information content (AvgIpc) is 2.56. The van der Waals surface area contributed by atoms with Crippen molar-refractivity contribution in [3.8, 4) is 5.75 Å². The van der Waals surface area contributed by atoms with E-state index in [-0.39, 0.29) is 30.8 Å². The van der Waals surface area contributed by atoms with Crippen LogP contribution in [-0.2, 0) is 9.59 Å². The van der Waals surface area contributed by atoms with E-state index < -0.39 is 5.41 Å². The van der Waals surface area contributed by atoms with E-state index in [0.717, 1.165) is 0 Å². The molecule has 0 fully saturated rings. The molecule has 1 aromatic rings. The first kappa shape index (κ1) is 22.2. The first-order chi connectivity index (χ1) is 10.9. The second kappa shape index (κ2) is 10.2. The van der Waals surface area contributed by atoms with Crippen LogP contribution >= 0.6 is 12.4 Å². The summed E-state index contributed by atoms with van der Waals surface area (Å²) in [5.74, 6) is 0.400. The molecule has 0 spiro atoms. The quantitative estimate of drug-likeness (QED) is 0.747. The number of amides is 2. The average molecular weight is 358 g/mol. The Kier molecular flexibility index (Phi) is 9.40. The van der Waals surface area contributed by atoms with Gasteiger partial charge in [0.15, 0.2) is 6.61 Å². The van der Waals surface area contributed by atoms with Crippen LogP contribution in [0.4, 0.5) is 5.69 Å². The van der Waals surface area contributed by atoms with Gasteiger partial charge in [0.1, 0.15) is 5.75 Å². The first-order valence-electron chi connectivity index (χ1n) is 7.83. The second-order valence-corrected chi connectivity index (χ2v) is 5.75. The van der Waals surface area contributed by atoms with Crippen LogP contribution in [0.3, 0.4) is 0 Å². The number of carbonyl (C=O) groups excluding carboxylic acids is 2. The van der Waals surface area contributed by atoms with Crippen LogP contribution < -0.4 is 15.8 Å². The SMILES string of the molecule is CCC(CC)(CN)C(=O)Nc1ccc(OCC(=O)N(C)C)cc1.Cl. The summed E-state index contributed by atoms with van der Waals surface area (Å²) in [7, 11) is 3.35. The molecule has 6 nitrogen and oxygen atoms in total. The van der Waals surface area contributed by atoms with Gasteiger partial charge in [-0.2, -0.15) is 0 Å². The predicted molar refractivity (Wildman–Crippen MR) is 98.6 cm³/mol. The van der Waals surface area contributed by atoms with Crippen LogP contribution in [0.1, 0.15) is 26.7 Å². The van der Waals surface area contributed by atoms with Gasteiger partial charge in [-0.3, -0.25) is 9.59 Å². The fourth-order valence-electron chi connectivity index (χ4n) is 2.12. The summed E-state index contributed by atoms with van der Waals surface area (Å²) in [5.41, 5.74) is 5.93. The van der Waals surface area contributed by atoms with E-state index >= 15 is 0 Å². The lowest BCUT2D eigenvalue weighted by molar-refractivity contribution is -0.130. The number of benzene rings is 1. The lowest BCUT2D eigenvalue weighted by Gasteiger charge is -2.28. The minimum absolute atomic E-state index is 0. The minimum Gasteiger partial charge on any atom is -0.484 e. The van der Waals surface area contributed by atoms with Crippen molar-refractivity contribution in [2.24, 2.45) is 11.1 Å². The topological polar surface area (TPSA) is 84.7 Å². The molecular formula is C17H28ClN3O3. The normalized spacial score (nSPS) is 10.5. The molecule has 7 heteroatoms. The highest BCUT2D eigenvalue weighted by Crippen LogP contribution is 2.27. The molecule has 24 heavy (non-hydrogen) atoms. The fourth-order valence-corrected chi connectivity index (χ4v) is 2.12. The molecule has 0 saturated carbocycles. The Balaban J connectivity index is 0.00000529. The Labute approximate surface area is 150 Å². The van der Waals surface area contributed by atoms with Crippen molar-refractivity contribution in [1.29, 1.82) is 0 Å². The molecule has 3 N–H and O–H groups in total. The maximum atomic E-state index is 12.4. The van der Waals surface area contributed by atoms with Crippen LogP contribution in [0.25, 0.3) is 0 Å². The molecule has 1 rings (SSSR count). The van der Waals surface area contributed by atoms with E-state index in [9.17, 15) is 9.59 Å². The summed E-state index contributed by atoms with van der Waals surface area (Å²) >= 11 is 0. The Hall–Kier alpha value is -1.79. The van der Waals surface area contributed by atoms with E-state index in [4.69, 9.17) is 10.5 Å². The number of ether oxygens (including phenoxy) is 1. The number of nitrogens with one attached hydrogen (secondary N) is 1. The van der Waals surface area contributed by atoms with E-state index in [1.54, 1.807) is 38.4 Å². The zero-order valence-electron chi connectivity index (χ0n) is 14.8. The summed E-state index contributed by atoms with van der Waals surface area (Å²) in [6.45, 7) is 4.24. The maximum absolute atomic E-state index is 12.4. The molecule has 1 aromatic carbocycles. The number of hydrogen-bond acceptors (Lipinski definition) is 4. The zero-order valence-corrected chi connectivity index (χ0v) is 15.6. The summed E-state index contributed by atoms with van der Waals surface area (Å²) in [6.07, 6.45) is 1.39. The van der Waals surface area contributed by atoms with Gasteiger partial charge < -0.3 is 20.7 Å². The maximum Gasteiger partial charge on any atom is 0.259 e. The molecular weight excluding hydrogens is 330 g/mol. The standard InChI is InChI=1S/C17H27N3O3.ClH/c1-5-17(6-2,12-18)16(22)19-13-7-9-14(10-8-13)23-11-15(21)20(3)4;/h7-10H,5-6,11-12,18H2,1-4H3,(H,19,22);1H. The van der Waals surface area contributed by atoms with Crippen LogP contribution in [0.5, 0.6) is 5.75 Å². The summed E-state index contributed by atoms with van der Waals surface area (Å²) < 4.78 is 5.40. The Morgan fingerprint density at radius 1 is 1.17 bits per heavy atom. The lowest BCUT2D eigenvalue weighted by Crippen LogP contribution is -2.41. The Bertz CT molecular complexity index is 520. The molecule has 0 unspecified atom stereocenters. The van der Waals surface area contributed by atoms with Crippen molar-refractivity contribution < 1.29 is 14.3 Å². The molecule has 0 aromatic heterocycles. The van der Waals surface area contributed by atoms with Gasteiger partial charge in [0.25, 0.3) is 5.91 Å². The number of nitrogens with zero attached hydrogens (tertiary/aromatic N) is 1. The van der Waals surface area contributed by atoms with Gasteiger partial charge in [0, 0.05) is 26.3 Å². The summed E-state index contributed by atoms with van der Waals surface area (Å²) in [6, 6.07) is 6.95. The van der Waals surface area contributed by atoms with Crippen LogP contribution in [-0.4, -0.2) is 44.0 Å². The Morgan fingerprint density at radius 2 is 1.71 bits per heavy atom. The number of halogens is 1. The van der Waals surface area contributed by atoms with Crippen molar-refractivity contribution in [1.82, 2.24) is 4.90 Å². The second-order valence-electron chi connectivity index (χ2n) is 5.75. The zero-order chi connectivity index (χ0) is 17.5. The highest BCUT2D eigenvalue weighted by molar-refractivity contribution is 5.95. The molecule has 0 aliphatic heterocycles. The molecule has 0 saturated heterocycles. The van der Waals surface area contributed by atoms with Crippen molar-refractivity contribution in [3.63, 3.8) is 0 Å².